The van der Waals surface area contributed by atoms with Crippen LogP contribution in [0.5, 0.6) is 0 Å². The van der Waals surface area contributed by atoms with Gasteiger partial charge < -0.3 is 14.3 Å². The molecule has 2 aliphatic rings. The Bertz CT molecular complexity index is 2000. The Hall–Kier alpha value is -3.80. The maximum Gasteiger partial charge on any atom is 0.346 e. The minimum atomic E-state index is -1.30. The minimum absolute atomic E-state index is 0.0761. The number of hydrogen-bond acceptors (Lipinski definition) is 4. The standard InChI is InChI=1S/C33H29N2O3/c1-17-34-31-26(22-15-14-18-10-6-7-11-19(18)29(22)38-31)28-23-16-24(32(2,3)4)20-12-8-9-13-21(20)25(23)27-30(35(17)28)33(27,36)37-5/h6-16,27,30,36H,1-5H3/q+1. The summed E-state index contributed by atoms with van der Waals surface area (Å²) in [6, 6.07) is 23.3. The van der Waals surface area contributed by atoms with Crippen LogP contribution in [0.1, 0.15) is 49.7 Å². The zero-order valence-corrected chi connectivity index (χ0v) is 22.2. The van der Waals surface area contributed by atoms with E-state index in [1.807, 2.05) is 19.1 Å². The normalized spacial score (nSPS) is 22.2. The molecule has 1 saturated carbocycles. The number of hydrogen-bond donors (Lipinski definition) is 1. The highest BCUT2D eigenvalue weighted by atomic mass is 16.6. The highest BCUT2D eigenvalue weighted by Gasteiger charge is 2.74. The molecule has 3 atom stereocenters. The molecule has 5 nitrogen and oxygen atoms in total. The Labute approximate surface area is 220 Å². The maximum absolute atomic E-state index is 11.8. The minimum Gasteiger partial charge on any atom is -0.418 e. The lowest BCUT2D eigenvalue weighted by Crippen LogP contribution is -2.44. The molecule has 2 aromatic heterocycles. The largest absolute Gasteiger partial charge is 0.418 e. The number of furan rings is 1. The number of aromatic nitrogens is 2. The summed E-state index contributed by atoms with van der Waals surface area (Å²) in [4.78, 5) is 4.95. The molecular formula is C33H29N2O3+. The number of aryl methyl sites for hydroxylation is 1. The van der Waals surface area contributed by atoms with Crippen LogP contribution in [0.3, 0.4) is 0 Å². The fourth-order valence-corrected chi connectivity index (χ4v) is 7.04. The molecule has 5 heteroatoms. The van der Waals surface area contributed by atoms with Gasteiger partial charge in [0.1, 0.15) is 11.0 Å². The first kappa shape index (κ1) is 22.2. The van der Waals surface area contributed by atoms with Gasteiger partial charge in [0.2, 0.25) is 5.79 Å². The molecule has 3 heterocycles. The average molecular weight is 502 g/mol. The van der Waals surface area contributed by atoms with Crippen LogP contribution >= 0.6 is 0 Å². The smallest absolute Gasteiger partial charge is 0.346 e. The SMILES string of the molecule is COC1(O)C2c3c(cc(C(C)(C)C)c4ccccc34)-c3c4c(nc(C)[n+]3C21)oc1c2ccccc2ccc14. The average Bonchev–Trinajstić information content (AvgIpc) is 3.34. The summed E-state index contributed by atoms with van der Waals surface area (Å²) < 4.78 is 14.6. The van der Waals surface area contributed by atoms with Crippen LogP contribution in [0.4, 0.5) is 0 Å². The third-order valence-electron chi connectivity index (χ3n) is 8.79. The monoisotopic (exact) mass is 501 g/mol. The van der Waals surface area contributed by atoms with Gasteiger partial charge in [0.15, 0.2) is 11.7 Å². The predicted octanol–water partition coefficient (Wildman–Crippen LogP) is 6.83. The van der Waals surface area contributed by atoms with Crippen LogP contribution in [0.2, 0.25) is 0 Å². The molecule has 0 spiro atoms. The van der Waals surface area contributed by atoms with Gasteiger partial charge in [-0.05, 0) is 49.8 Å². The second-order valence-electron chi connectivity index (χ2n) is 11.9. The Morgan fingerprint density at radius 2 is 1.66 bits per heavy atom. The molecule has 4 aromatic carbocycles. The molecular weight excluding hydrogens is 472 g/mol. The third kappa shape index (κ3) is 2.58. The highest BCUT2D eigenvalue weighted by molar-refractivity contribution is 6.18. The van der Waals surface area contributed by atoms with E-state index in [0.29, 0.717) is 5.71 Å². The van der Waals surface area contributed by atoms with Gasteiger partial charge >= 0.3 is 11.5 Å². The quantitative estimate of drug-likeness (QED) is 0.198. The van der Waals surface area contributed by atoms with E-state index in [0.717, 1.165) is 49.8 Å². The third-order valence-corrected chi connectivity index (χ3v) is 8.79. The van der Waals surface area contributed by atoms with Crippen LogP contribution in [0.25, 0.3) is 54.9 Å². The fraction of sp³-hybridized carbons (Fsp3) is 0.273. The molecule has 3 unspecified atom stereocenters. The van der Waals surface area contributed by atoms with Gasteiger partial charge in [-0.1, -0.05) is 75.4 Å². The van der Waals surface area contributed by atoms with Crippen LogP contribution in [-0.4, -0.2) is 23.0 Å². The van der Waals surface area contributed by atoms with Gasteiger partial charge in [0.25, 0.3) is 0 Å². The van der Waals surface area contributed by atoms with Crippen molar-refractivity contribution in [1.29, 1.82) is 0 Å². The molecule has 0 amide bonds. The van der Waals surface area contributed by atoms with Crippen molar-refractivity contribution in [2.24, 2.45) is 0 Å². The first-order valence-corrected chi connectivity index (χ1v) is 13.2. The first-order valence-electron chi connectivity index (χ1n) is 13.2. The molecule has 1 fully saturated rings. The van der Waals surface area contributed by atoms with Crippen LogP contribution < -0.4 is 4.57 Å². The van der Waals surface area contributed by atoms with Gasteiger partial charge in [0.05, 0.1) is 5.92 Å². The molecule has 0 saturated heterocycles. The zero-order valence-electron chi connectivity index (χ0n) is 22.2. The molecule has 0 radical (unpaired) electrons. The topological polar surface area (TPSA) is 59.4 Å². The Morgan fingerprint density at radius 1 is 0.947 bits per heavy atom. The number of aliphatic hydroxyl groups is 1. The van der Waals surface area contributed by atoms with Gasteiger partial charge in [-0.25, -0.2) is 4.57 Å². The summed E-state index contributed by atoms with van der Waals surface area (Å²) in [5.41, 5.74) is 5.97. The van der Waals surface area contributed by atoms with E-state index < -0.39 is 5.79 Å². The molecule has 0 bridgehead atoms. The summed E-state index contributed by atoms with van der Waals surface area (Å²) >= 11 is 0. The predicted molar refractivity (Wildman–Crippen MR) is 149 cm³/mol. The summed E-state index contributed by atoms with van der Waals surface area (Å²) in [5, 5.41) is 18.4. The summed E-state index contributed by atoms with van der Waals surface area (Å²) in [7, 11) is 1.60. The molecule has 1 aliphatic carbocycles. The second kappa shape index (κ2) is 6.99. The van der Waals surface area contributed by atoms with Crippen LogP contribution in [0, 0.1) is 6.92 Å². The Balaban J connectivity index is 1.61. The Morgan fingerprint density at radius 3 is 2.39 bits per heavy atom. The van der Waals surface area contributed by atoms with Crippen LogP contribution in [-0.2, 0) is 10.2 Å². The molecule has 188 valence electrons. The van der Waals surface area contributed by atoms with Gasteiger partial charge in [-0.3, -0.25) is 0 Å². The van der Waals surface area contributed by atoms with Crippen molar-refractivity contribution in [1.82, 2.24) is 4.98 Å². The van der Waals surface area contributed by atoms with Crippen molar-refractivity contribution < 1.29 is 18.8 Å². The van der Waals surface area contributed by atoms with Gasteiger partial charge in [-0.15, -0.1) is 0 Å². The summed E-state index contributed by atoms with van der Waals surface area (Å²) in [6.07, 6.45) is 0. The van der Waals surface area contributed by atoms with E-state index >= 15 is 0 Å². The number of ether oxygens (including phenoxy) is 1. The Kier molecular flexibility index (Phi) is 4.08. The van der Waals surface area contributed by atoms with Crippen LogP contribution in [0.15, 0.2) is 71.1 Å². The van der Waals surface area contributed by atoms with E-state index in [2.05, 4.69) is 79.9 Å². The highest BCUT2D eigenvalue weighted by Crippen LogP contribution is 2.65. The lowest BCUT2D eigenvalue weighted by molar-refractivity contribution is -0.709. The van der Waals surface area contributed by atoms with Crippen molar-refractivity contribution in [2.75, 3.05) is 7.11 Å². The van der Waals surface area contributed by atoms with Gasteiger partial charge in [0, 0.05) is 30.4 Å². The number of nitrogens with zero attached hydrogens (tertiary/aromatic N) is 2. The number of fused-ring (bicyclic) bond motifs is 14. The number of methoxy groups -OCH3 is 1. The van der Waals surface area contributed by atoms with Crippen molar-refractivity contribution in [3.8, 4) is 11.3 Å². The summed E-state index contributed by atoms with van der Waals surface area (Å²) in [6.45, 7) is 8.78. The first-order chi connectivity index (χ1) is 18.2. The molecule has 1 N–H and O–H groups in total. The molecule has 38 heavy (non-hydrogen) atoms. The fourth-order valence-electron chi connectivity index (χ4n) is 7.04. The second-order valence-corrected chi connectivity index (χ2v) is 11.9. The van der Waals surface area contributed by atoms with Gasteiger partial charge in [-0.2, -0.15) is 0 Å². The maximum atomic E-state index is 11.8. The van der Waals surface area contributed by atoms with E-state index in [1.165, 1.54) is 16.3 Å². The molecule has 1 aliphatic heterocycles. The number of rotatable bonds is 1. The van der Waals surface area contributed by atoms with E-state index in [4.69, 9.17) is 14.1 Å². The van der Waals surface area contributed by atoms with Crippen molar-refractivity contribution >= 4 is 43.6 Å². The number of benzene rings is 4. The van der Waals surface area contributed by atoms with E-state index in [9.17, 15) is 5.11 Å². The molecule has 6 aromatic rings. The zero-order chi connectivity index (χ0) is 26.1. The summed E-state index contributed by atoms with van der Waals surface area (Å²) in [5.74, 6) is -0.686. The lowest BCUT2D eigenvalue weighted by Gasteiger charge is -2.26. The van der Waals surface area contributed by atoms with Crippen molar-refractivity contribution in [2.45, 2.75) is 50.9 Å². The molecule has 8 rings (SSSR count). The lowest BCUT2D eigenvalue weighted by atomic mass is 9.79. The van der Waals surface area contributed by atoms with E-state index in [-0.39, 0.29) is 17.4 Å². The van der Waals surface area contributed by atoms with Crippen molar-refractivity contribution in [3.05, 3.63) is 83.7 Å². The van der Waals surface area contributed by atoms with E-state index in [1.54, 1.807) is 7.11 Å². The van der Waals surface area contributed by atoms with Crippen molar-refractivity contribution in [3.63, 3.8) is 0 Å².